The van der Waals surface area contributed by atoms with E-state index in [0.29, 0.717) is 6.54 Å². The molecule has 0 aromatic carbocycles. The van der Waals surface area contributed by atoms with E-state index in [0.717, 1.165) is 21.5 Å². The fraction of sp³-hybridized carbons (Fsp3) is 0.394. The van der Waals surface area contributed by atoms with Gasteiger partial charge in [0.05, 0.1) is 18.5 Å². The number of aromatic nitrogens is 6. The second-order valence-electron chi connectivity index (χ2n) is 13.0. The Bertz CT molecular complexity index is 2900. The van der Waals surface area contributed by atoms with Crippen LogP contribution in [0.25, 0.3) is 0 Å². The average molecular weight is 1250 g/mol. The van der Waals surface area contributed by atoms with Crippen LogP contribution in [0.2, 0.25) is 15.1 Å². The highest BCUT2D eigenvalue weighted by Gasteiger charge is 2.42. The van der Waals surface area contributed by atoms with E-state index in [-0.39, 0.29) is 46.6 Å². The van der Waals surface area contributed by atoms with Gasteiger partial charge in [-0.25, -0.2) is 14.4 Å². The molecule has 27 nitrogen and oxygen atoms in total. The number of aromatic amines is 3. The fourth-order valence-corrected chi connectivity index (χ4v) is 17.1. The van der Waals surface area contributed by atoms with Gasteiger partial charge in [-0.2, -0.15) is 0 Å². The molecule has 0 aliphatic carbocycles. The summed E-state index contributed by atoms with van der Waals surface area (Å²) >= 11 is 16.8. The van der Waals surface area contributed by atoms with Crippen molar-refractivity contribution >= 4 is 106 Å². The third kappa shape index (κ3) is 29.7. The van der Waals surface area contributed by atoms with Crippen molar-refractivity contribution in [1.29, 1.82) is 0 Å². The van der Waals surface area contributed by atoms with Gasteiger partial charge < -0.3 is 0 Å². The van der Waals surface area contributed by atoms with Gasteiger partial charge >= 0.3 is 88.0 Å². The highest BCUT2D eigenvalue weighted by Crippen LogP contribution is 2.61. The summed E-state index contributed by atoms with van der Waals surface area (Å²) in [5, 5.41) is -0.285. The van der Waals surface area contributed by atoms with E-state index in [9.17, 15) is 69.9 Å². The van der Waals surface area contributed by atoms with E-state index in [1.54, 1.807) is 6.08 Å². The summed E-state index contributed by atoms with van der Waals surface area (Å²) in [5.41, 5.74) is -3.71. The Balaban J connectivity index is 0.000000967. The Kier molecular flexibility index (Phi) is 33.0. The molecule has 3 aromatic heterocycles. The summed E-state index contributed by atoms with van der Waals surface area (Å²) in [6.07, 6.45) is 13.5. The van der Waals surface area contributed by atoms with Gasteiger partial charge in [-0.15, -0.1) is 6.58 Å². The molecule has 6 atom stereocenters. The molecule has 39 heteroatoms. The third-order valence-electron chi connectivity index (χ3n) is 6.82. The first-order valence-electron chi connectivity index (χ1n) is 19.2. The molecular formula is C33H48Cl3N6O21P9+6. The van der Waals surface area contributed by atoms with Crippen molar-refractivity contribution in [2.24, 2.45) is 0 Å². The monoisotopic (exact) mass is 1250 g/mol. The van der Waals surface area contributed by atoms with Crippen LogP contribution in [0.5, 0.6) is 0 Å². The topological polar surface area (TPSA) is 374 Å². The Morgan fingerprint density at radius 3 is 0.931 bits per heavy atom. The molecule has 6 unspecified atom stereocenters. The van der Waals surface area contributed by atoms with E-state index in [2.05, 4.69) is 20.2 Å². The second kappa shape index (κ2) is 34.5. The summed E-state index contributed by atoms with van der Waals surface area (Å²) in [6.45, 7) is 12.9. The molecule has 0 saturated carbocycles. The number of rotatable bonds is 24. The smallest absolute Gasteiger partial charge is 0.295 e. The number of H-pyrrole nitrogens is 3. The number of hydrogen-bond acceptors (Lipinski definition) is 21. The maximum atomic E-state index is 12.2. The Labute approximate surface area is 429 Å². The number of nitrogens with one attached hydrogen (secondary N) is 3. The number of hydrogen-bond donors (Lipinski definition) is 3. The minimum atomic E-state index is -3.81. The van der Waals surface area contributed by atoms with E-state index < -0.39 is 105 Å². The highest BCUT2D eigenvalue weighted by atomic mass is 35.5. The second-order valence-corrected chi connectivity index (χ2v) is 28.2. The van der Waals surface area contributed by atoms with Crippen molar-refractivity contribution in [1.82, 2.24) is 28.7 Å². The lowest BCUT2D eigenvalue weighted by molar-refractivity contribution is 0.394. The predicted octanol–water partition coefficient (Wildman–Crippen LogP) is 9.34. The summed E-state index contributed by atoms with van der Waals surface area (Å²) < 4.78 is 133. The van der Waals surface area contributed by atoms with Crippen LogP contribution in [0.4, 0.5) is 0 Å². The van der Waals surface area contributed by atoms with Crippen molar-refractivity contribution in [3.05, 3.63) is 145 Å². The number of halogens is 3. The summed E-state index contributed by atoms with van der Waals surface area (Å²) in [5.74, 6) is 0. The third-order valence-corrected chi connectivity index (χ3v) is 21.1. The van der Waals surface area contributed by atoms with Gasteiger partial charge in [-0.3, -0.25) is 56.7 Å². The first kappa shape index (κ1) is 68.9. The van der Waals surface area contributed by atoms with Crippen LogP contribution in [0.3, 0.4) is 0 Å². The number of nitrogens with zero attached hydrogens (tertiary/aromatic N) is 3. The lowest BCUT2D eigenvalue weighted by atomic mass is 10.5. The molecule has 396 valence electrons. The SMILES string of the molecule is C=CCP(=O)(O[P+](C)=O)O[P+](C)=O.CC=CCn1cc(Cl)c(=O)[nH]c1=O.C[P+](=O)OP(=O)(C/C=C/Cn1cc(Cl)c(=O)[nH]c1=O)O[P+](C)=O.C[P+](=O)OP(=O)(C/C=C\Cn1cc(Cl)c(=O)[nH]c1=O)O[P+](C)=O. The van der Waals surface area contributed by atoms with E-state index in [1.807, 2.05) is 23.0 Å². The zero-order chi connectivity index (χ0) is 55.6. The van der Waals surface area contributed by atoms with Crippen molar-refractivity contribution in [3.63, 3.8) is 0 Å². The minimum Gasteiger partial charge on any atom is -0.295 e. The predicted molar refractivity (Wildman–Crippen MR) is 277 cm³/mol. The lowest BCUT2D eigenvalue weighted by Gasteiger charge is -2.02. The maximum absolute atomic E-state index is 12.2. The summed E-state index contributed by atoms with van der Waals surface area (Å²) in [4.78, 5) is 73.3. The standard InChI is InChI=1S/2C10H13ClN2O7P3.C8H9ClN2O2.C5H11O5P3/c2*1-21(16)19-23(18,20-22(2)17)6-4-3-5-13-7-8(11)9(14)12-10(13)15;1-2-3-4-11-5-6(9)7(12)10-8(11)13;1-4-5-13(8,9-11(2)6)10-12(3)7/h2*3-4,7H,5-6H2,1-2H3;2-3,5H,4H2,1H3,(H,10,12,13);4H,1,5H2,2-3H3/q2*+1;;+2/p+2/b4-3+;4-3-;;. The Morgan fingerprint density at radius 2 is 0.708 bits per heavy atom. The first-order chi connectivity index (χ1) is 33.3. The summed E-state index contributed by atoms with van der Waals surface area (Å²) in [6, 6.07) is 0. The van der Waals surface area contributed by atoms with Gasteiger partial charge in [0.1, 0.15) is 15.1 Å². The fourth-order valence-electron chi connectivity index (χ4n) is 4.31. The van der Waals surface area contributed by atoms with Crippen LogP contribution in [0, 0.1) is 0 Å². The van der Waals surface area contributed by atoms with Gasteiger partial charge in [-0.1, -0.05) is 103 Å². The van der Waals surface area contributed by atoms with E-state index in [1.165, 1.54) is 81.1 Å². The van der Waals surface area contributed by atoms with E-state index in [4.69, 9.17) is 52.0 Å². The largest absolute Gasteiger partial charge is 0.513 e. The molecule has 0 spiro atoms. The van der Waals surface area contributed by atoms with Crippen LogP contribution in [0.1, 0.15) is 6.92 Å². The Hall–Kier alpha value is -3.08. The van der Waals surface area contributed by atoms with E-state index >= 15 is 0 Å². The zero-order valence-electron chi connectivity index (χ0n) is 38.8. The molecule has 0 aliphatic rings. The van der Waals surface area contributed by atoms with Gasteiger partial charge in [-0.05, 0) is 34.3 Å². The molecule has 3 N–H and O–H groups in total. The van der Waals surface area contributed by atoms with Crippen molar-refractivity contribution < 1.29 is 66.9 Å². The molecule has 0 bridgehead atoms. The molecular weight excluding hydrogens is 1200 g/mol. The molecule has 0 amide bonds. The van der Waals surface area contributed by atoms with Gasteiger partial charge in [0.15, 0.2) is 40.0 Å². The van der Waals surface area contributed by atoms with Crippen LogP contribution in [-0.4, -0.2) is 87.1 Å². The lowest BCUT2D eigenvalue weighted by Crippen LogP contribution is -2.29. The quantitative estimate of drug-likeness (QED) is 0.0555. The summed E-state index contributed by atoms with van der Waals surface area (Å²) in [7, 11) is -24.1. The average Bonchev–Trinajstić information content (AvgIpc) is 3.21. The molecule has 3 aromatic rings. The maximum Gasteiger partial charge on any atom is 0.513 e. The van der Waals surface area contributed by atoms with Gasteiger partial charge in [0.25, 0.3) is 16.7 Å². The molecule has 3 rings (SSSR count). The van der Waals surface area contributed by atoms with Crippen LogP contribution in [0.15, 0.2) is 96.5 Å². The normalized spacial score (nSPS) is 15.0. The molecule has 0 saturated heterocycles. The molecule has 0 fully saturated rings. The Morgan fingerprint density at radius 1 is 0.472 bits per heavy atom. The van der Waals surface area contributed by atoms with Crippen molar-refractivity contribution in [2.45, 2.75) is 26.6 Å². The molecule has 0 aliphatic heterocycles. The van der Waals surface area contributed by atoms with Crippen molar-refractivity contribution in [3.8, 4) is 0 Å². The van der Waals surface area contributed by atoms with Crippen LogP contribution in [-0.2, 0) is 86.6 Å². The molecule has 3 heterocycles. The highest BCUT2D eigenvalue weighted by molar-refractivity contribution is 7.67. The van der Waals surface area contributed by atoms with Crippen molar-refractivity contribution in [2.75, 3.05) is 58.5 Å². The minimum absolute atomic E-state index is 0.0177. The first-order valence-corrected chi connectivity index (χ1v) is 35.3. The molecule has 0 radical (unpaired) electrons. The zero-order valence-corrected chi connectivity index (χ0v) is 49.1. The number of allylic oxidation sites excluding steroid dienone is 7. The molecule has 72 heavy (non-hydrogen) atoms. The van der Waals surface area contributed by atoms with Crippen LogP contribution >= 0.6 is 106 Å². The van der Waals surface area contributed by atoms with Crippen LogP contribution < -0.4 is 33.7 Å². The van der Waals surface area contributed by atoms with Gasteiger partial charge in [0, 0.05) is 38.2 Å². The van der Waals surface area contributed by atoms with Gasteiger partial charge in [0.2, 0.25) is 0 Å².